The van der Waals surface area contributed by atoms with Gasteiger partial charge in [0, 0.05) is 18.8 Å². The van der Waals surface area contributed by atoms with Gasteiger partial charge in [0.05, 0.1) is 17.9 Å². The van der Waals surface area contributed by atoms with Gasteiger partial charge >= 0.3 is 0 Å². The molecule has 1 aromatic heterocycles. The van der Waals surface area contributed by atoms with Crippen LogP contribution < -0.4 is 15.0 Å². The second-order valence-electron chi connectivity index (χ2n) is 7.23. The number of hydrogen-bond acceptors (Lipinski definition) is 5. The first-order valence-electron chi connectivity index (χ1n) is 8.80. The Morgan fingerprint density at radius 1 is 1.33 bits per heavy atom. The van der Waals surface area contributed by atoms with Crippen molar-refractivity contribution in [3.8, 4) is 5.75 Å². The highest BCUT2D eigenvalue weighted by Gasteiger charge is 2.34. The summed E-state index contributed by atoms with van der Waals surface area (Å²) in [4.78, 5) is 31.2. The van der Waals surface area contributed by atoms with Crippen LogP contribution in [0, 0.1) is 0 Å². The molecule has 0 unspecified atom stereocenters. The minimum atomic E-state index is -0.797. The summed E-state index contributed by atoms with van der Waals surface area (Å²) < 4.78 is 11.5. The lowest BCUT2D eigenvalue weighted by molar-refractivity contribution is -0.120. The molecule has 3 heterocycles. The number of nitrogens with zero attached hydrogens (tertiary/aromatic N) is 2. The van der Waals surface area contributed by atoms with Crippen molar-refractivity contribution in [2.45, 2.75) is 32.1 Å². The van der Waals surface area contributed by atoms with E-state index in [2.05, 4.69) is 10.3 Å². The second-order valence-corrected chi connectivity index (χ2v) is 7.23. The molecule has 0 spiro atoms. The van der Waals surface area contributed by atoms with E-state index in [0.717, 1.165) is 11.1 Å². The fourth-order valence-corrected chi connectivity index (χ4v) is 3.41. The summed E-state index contributed by atoms with van der Waals surface area (Å²) in [5, 5.41) is 2.75. The van der Waals surface area contributed by atoms with Crippen LogP contribution in [0.15, 0.2) is 36.5 Å². The third-order valence-corrected chi connectivity index (χ3v) is 5.02. The zero-order valence-corrected chi connectivity index (χ0v) is 15.5. The van der Waals surface area contributed by atoms with Gasteiger partial charge in [-0.1, -0.05) is 12.1 Å². The summed E-state index contributed by atoms with van der Waals surface area (Å²) in [5.74, 6) is -0.0421. The predicted molar refractivity (Wildman–Crippen MR) is 98.7 cm³/mol. The standard InChI is InChI=1S/C20H21N3O4/c1-20(2)13-8-14(21-9-12(13)10-27-20)18(24)22-15-11-26-17-7-5-4-6-16(17)23(3)19(15)25/h4-9,15H,10-11H2,1-3H3,(H,22,24)/t15-/m0/s1. The van der Waals surface area contributed by atoms with Crippen molar-refractivity contribution in [2.24, 2.45) is 0 Å². The number of hydrogen-bond donors (Lipinski definition) is 1. The number of para-hydroxylation sites is 2. The molecule has 0 saturated heterocycles. The van der Waals surface area contributed by atoms with Gasteiger partial charge in [-0.3, -0.25) is 14.6 Å². The van der Waals surface area contributed by atoms with Crippen LogP contribution in [0.4, 0.5) is 5.69 Å². The van der Waals surface area contributed by atoms with Gasteiger partial charge in [-0.05, 0) is 37.6 Å². The Morgan fingerprint density at radius 2 is 2.11 bits per heavy atom. The van der Waals surface area contributed by atoms with Gasteiger partial charge in [-0.2, -0.15) is 0 Å². The van der Waals surface area contributed by atoms with Crippen LogP contribution in [-0.4, -0.2) is 36.5 Å². The highest BCUT2D eigenvalue weighted by atomic mass is 16.5. The van der Waals surface area contributed by atoms with Gasteiger partial charge in [0.1, 0.15) is 24.1 Å². The summed E-state index contributed by atoms with van der Waals surface area (Å²) in [6.45, 7) is 4.45. The molecule has 140 valence electrons. The summed E-state index contributed by atoms with van der Waals surface area (Å²) in [7, 11) is 1.67. The van der Waals surface area contributed by atoms with Crippen LogP contribution in [0.5, 0.6) is 5.75 Å². The zero-order valence-electron chi connectivity index (χ0n) is 15.5. The zero-order chi connectivity index (χ0) is 19.2. The number of rotatable bonds is 2. The topological polar surface area (TPSA) is 80.8 Å². The number of anilines is 1. The largest absolute Gasteiger partial charge is 0.489 e. The normalized spacial score (nSPS) is 20.3. The first kappa shape index (κ1) is 17.5. The van der Waals surface area contributed by atoms with Crippen molar-refractivity contribution in [1.82, 2.24) is 10.3 Å². The van der Waals surface area contributed by atoms with Gasteiger partial charge in [0.25, 0.3) is 11.8 Å². The number of carbonyl (C=O) groups is 2. The Morgan fingerprint density at radius 3 is 2.93 bits per heavy atom. The third-order valence-electron chi connectivity index (χ3n) is 5.02. The second kappa shape index (κ2) is 6.35. The number of aromatic nitrogens is 1. The number of nitrogens with one attached hydrogen (secondary N) is 1. The van der Waals surface area contributed by atoms with Crippen molar-refractivity contribution in [3.63, 3.8) is 0 Å². The van der Waals surface area contributed by atoms with Crippen molar-refractivity contribution in [1.29, 1.82) is 0 Å². The summed E-state index contributed by atoms with van der Waals surface area (Å²) in [6, 6.07) is 8.22. The van der Waals surface area contributed by atoms with Gasteiger partial charge in [-0.15, -0.1) is 0 Å². The number of fused-ring (bicyclic) bond motifs is 2. The summed E-state index contributed by atoms with van der Waals surface area (Å²) in [6.07, 6.45) is 1.66. The number of carbonyl (C=O) groups excluding carboxylic acids is 2. The van der Waals surface area contributed by atoms with Crippen LogP contribution in [0.3, 0.4) is 0 Å². The van der Waals surface area contributed by atoms with E-state index in [9.17, 15) is 9.59 Å². The molecule has 0 bridgehead atoms. The lowest BCUT2D eigenvalue weighted by atomic mass is 9.97. The van der Waals surface area contributed by atoms with Crippen molar-refractivity contribution >= 4 is 17.5 Å². The lowest BCUT2D eigenvalue weighted by Crippen LogP contribution is -2.49. The van der Waals surface area contributed by atoms with Crippen LogP contribution >= 0.6 is 0 Å². The monoisotopic (exact) mass is 367 g/mol. The van der Waals surface area contributed by atoms with E-state index in [-0.39, 0.29) is 18.2 Å². The first-order valence-corrected chi connectivity index (χ1v) is 8.80. The van der Waals surface area contributed by atoms with Crippen LogP contribution in [0.25, 0.3) is 0 Å². The molecule has 1 N–H and O–H groups in total. The van der Waals surface area contributed by atoms with E-state index >= 15 is 0 Å². The predicted octanol–water partition coefficient (Wildman–Crippen LogP) is 2.00. The molecule has 0 fully saturated rings. The Hall–Kier alpha value is -2.93. The Labute approximate surface area is 157 Å². The fourth-order valence-electron chi connectivity index (χ4n) is 3.41. The molecule has 7 heteroatoms. The van der Waals surface area contributed by atoms with E-state index in [1.165, 1.54) is 4.90 Å². The Bertz CT molecular complexity index is 925. The van der Waals surface area contributed by atoms with E-state index in [1.54, 1.807) is 25.4 Å². The highest BCUT2D eigenvalue weighted by molar-refractivity contribution is 6.02. The van der Waals surface area contributed by atoms with Gasteiger partial charge < -0.3 is 19.7 Å². The minimum Gasteiger partial charge on any atom is -0.489 e. The first-order chi connectivity index (χ1) is 12.9. The molecule has 2 aliphatic heterocycles. The molecule has 4 rings (SSSR count). The minimum absolute atomic E-state index is 0.0610. The average Bonchev–Trinajstić information content (AvgIpc) is 2.92. The molecule has 1 atom stereocenters. The van der Waals surface area contributed by atoms with Crippen LogP contribution in [-0.2, 0) is 21.7 Å². The molecular formula is C20H21N3O4. The molecular weight excluding hydrogens is 346 g/mol. The quantitative estimate of drug-likeness (QED) is 0.878. The highest BCUT2D eigenvalue weighted by Crippen LogP contribution is 2.35. The number of likely N-dealkylation sites (N-methyl/N-ethyl adjacent to an activating group) is 1. The average molecular weight is 367 g/mol. The van der Waals surface area contributed by atoms with E-state index in [1.807, 2.05) is 32.0 Å². The van der Waals surface area contributed by atoms with Crippen molar-refractivity contribution in [2.75, 3.05) is 18.6 Å². The van der Waals surface area contributed by atoms with Crippen LogP contribution in [0.2, 0.25) is 0 Å². The summed E-state index contributed by atoms with van der Waals surface area (Å²) >= 11 is 0. The van der Waals surface area contributed by atoms with E-state index in [0.29, 0.717) is 18.0 Å². The summed E-state index contributed by atoms with van der Waals surface area (Å²) in [5.41, 5.74) is 2.38. The SMILES string of the molecule is CN1C(=O)[C@@H](NC(=O)c2cc3c(cn2)COC3(C)C)COc2ccccc21. The molecule has 7 nitrogen and oxygen atoms in total. The smallest absolute Gasteiger partial charge is 0.270 e. The fraction of sp³-hybridized carbons (Fsp3) is 0.350. The molecule has 2 aliphatic rings. The van der Waals surface area contributed by atoms with Gasteiger partial charge in [0.15, 0.2) is 0 Å². The van der Waals surface area contributed by atoms with Gasteiger partial charge in [0.2, 0.25) is 0 Å². The van der Waals surface area contributed by atoms with Crippen LogP contribution in [0.1, 0.15) is 35.5 Å². The number of amides is 2. The molecule has 27 heavy (non-hydrogen) atoms. The third kappa shape index (κ3) is 3.04. The molecule has 0 saturated carbocycles. The molecule has 0 radical (unpaired) electrons. The lowest BCUT2D eigenvalue weighted by Gasteiger charge is -2.21. The maximum Gasteiger partial charge on any atom is 0.270 e. The molecule has 2 amide bonds. The number of pyridine rings is 1. The Kier molecular flexibility index (Phi) is 4.11. The van der Waals surface area contributed by atoms with Crippen molar-refractivity contribution < 1.29 is 19.1 Å². The molecule has 0 aliphatic carbocycles. The number of benzene rings is 1. The Balaban J connectivity index is 1.55. The van der Waals surface area contributed by atoms with E-state index in [4.69, 9.17) is 9.47 Å². The van der Waals surface area contributed by atoms with Crippen molar-refractivity contribution in [3.05, 3.63) is 53.3 Å². The van der Waals surface area contributed by atoms with E-state index < -0.39 is 17.6 Å². The maximum atomic E-state index is 12.8. The molecule has 1 aromatic carbocycles. The molecule has 2 aromatic rings. The number of ether oxygens (including phenoxy) is 2. The van der Waals surface area contributed by atoms with Gasteiger partial charge in [-0.25, -0.2) is 0 Å². The maximum absolute atomic E-state index is 12.8.